The van der Waals surface area contributed by atoms with Gasteiger partial charge in [0.05, 0.1) is 0 Å². The largest absolute Gasteiger partial charge is 0.334 e. The van der Waals surface area contributed by atoms with E-state index in [4.69, 9.17) is 0 Å². The molecule has 112 valence electrons. The van der Waals surface area contributed by atoms with Crippen molar-refractivity contribution in [2.75, 3.05) is 19.6 Å². The Morgan fingerprint density at radius 1 is 1.55 bits per heavy atom. The summed E-state index contributed by atoms with van der Waals surface area (Å²) in [6.07, 6.45) is 3.76. The van der Waals surface area contributed by atoms with E-state index in [0.29, 0.717) is 11.2 Å². The van der Waals surface area contributed by atoms with Gasteiger partial charge in [-0.05, 0) is 38.4 Å². The van der Waals surface area contributed by atoms with Crippen molar-refractivity contribution in [3.05, 3.63) is 18.0 Å². The number of hydrogen-bond acceptors (Lipinski definition) is 3. The lowest BCUT2D eigenvalue weighted by Gasteiger charge is -2.34. The molecule has 1 fully saturated rings. The molecule has 0 atom stereocenters. The molecule has 1 aromatic heterocycles. The molecule has 0 spiro atoms. The summed E-state index contributed by atoms with van der Waals surface area (Å²) >= 11 is 0. The van der Waals surface area contributed by atoms with Crippen LogP contribution in [0.1, 0.15) is 43.2 Å². The Bertz CT molecular complexity index is 443. The van der Waals surface area contributed by atoms with Gasteiger partial charge in [0, 0.05) is 18.8 Å². The molecule has 1 amide bonds. The van der Waals surface area contributed by atoms with Gasteiger partial charge in [0.2, 0.25) is 0 Å². The molecular formula is C13H20F2N4O. The van der Waals surface area contributed by atoms with Crippen LogP contribution in [0.15, 0.2) is 12.3 Å². The third kappa shape index (κ3) is 3.15. The summed E-state index contributed by atoms with van der Waals surface area (Å²) in [5.74, 6) is -0.350. The first kappa shape index (κ1) is 14.9. The fourth-order valence-corrected chi connectivity index (χ4v) is 2.60. The summed E-state index contributed by atoms with van der Waals surface area (Å²) in [4.78, 5) is 14.3. The first-order chi connectivity index (χ1) is 9.65. The second kappa shape index (κ2) is 6.78. The number of hydrogen-bond donors (Lipinski definition) is 1. The van der Waals surface area contributed by atoms with Crippen LogP contribution in [-0.4, -0.2) is 46.3 Å². The van der Waals surface area contributed by atoms with Gasteiger partial charge in [-0.3, -0.25) is 4.79 Å². The van der Waals surface area contributed by atoms with Crippen molar-refractivity contribution < 1.29 is 13.6 Å². The summed E-state index contributed by atoms with van der Waals surface area (Å²) in [6.45, 7) is 1.47. The molecule has 0 bridgehead atoms. The van der Waals surface area contributed by atoms with Crippen molar-refractivity contribution in [3.8, 4) is 0 Å². The summed E-state index contributed by atoms with van der Waals surface area (Å²) in [5, 5.41) is 6.77. The van der Waals surface area contributed by atoms with E-state index < -0.39 is 6.55 Å². The van der Waals surface area contributed by atoms with Crippen LogP contribution in [0.4, 0.5) is 8.78 Å². The molecule has 1 N–H and O–H groups in total. The average molecular weight is 286 g/mol. The highest BCUT2D eigenvalue weighted by atomic mass is 19.3. The zero-order chi connectivity index (χ0) is 14.5. The zero-order valence-corrected chi connectivity index (χ0v) is 11.6. The van der Waals surface area contributed by atoms with Crippen LogP contribution in [0, 0.1) is 0 Å². The third-order valence-corrected chi connectivity index (χ3v) is 3.55. The Labute approximate surface area is 116 Å². The predicted molar refractivity (Wildman–Crippen MR) is 70.7 cm³/mol. The van der Waals surface area contributed by atoms with Crippen LogP contribution in [-0.2, 0) is 0 Å². The highest BCUT2D eigenvalue weighted by Gasteiger charge is 2.28. The number of halogens is 2. The Morgan fingerprint density at radius 2 is 2.25 bits per heavy atom. The molecule has 0 radical (unpaired) electrons. The van der Waals surface area contributed by atoms with Gasteiger partial charge in [-0.1, -0.05) is 6.92 Å². The van der Waals surface area contributed by atoms with Gasteiger partial charge >= 0.3 is 6.55 Å². The number of nitrogens with one attached hydrogen (secondary N) is 1. The van der Waals surface area contributed by atoms with Crippen LogP contribution < -0.4 is 5.32 Å². The molecule has 2 heterocycles. The van der Waals surface area contributed by atoms with Gasteiger partial charge in [0.1, 0.15) is 5.69 Å². The SMILES string of the molecule is CCCN(C(=O)c1ccnn1C(F)F)C1CCNCC1. The van der Waals surface area contributed by atoms with Crippen molar-refractivity contribution in [3.63, 3.8) is 0 Å². The molecule has 2 rings (SSSR count). The Morgan fingerprint density at radius 3 is 2.85 bits per heavy atom. The maximum Gasteiger partial charge on any atom is 0.333 e. The monoisotopic (exact) mass is 286 g/mol. The van der Waals surface area contributed by atoms with E-state index in [-0.39, 0.29) is 17.6 Å². The highest BCUT2D eigenvalue weighted by Crippen LogP contribution is 2.19. The molecule has 0 unspecified atom stereocenters. The highest BCUT2D eigenvalue weighted by molar-refractivity contribution is 5.92. The van der Waals surface area contributed by atoms with Crippen LogP contribution in [0.3, 0.4) is 0 Å². The Hall–Kier alpha value is -1.50. The van der Waals surface area contributed by atoms with Crippen LogP contribution in [0.2, 0.25) is 0 Å². The molecule has 0 aliphatic carbocycles. The number of aromatic nitrogens is 2. The van der Waals surface area contributed by atoms with E-state index in [0.717, 1.165) is 32.4 Å². The number of amides is 1. The minimum atomic E-state index is -2.79. The molecular weight excluding hydrogens is 266 g/mol. The van der Waals surface area contributed by atoms with E-state index in [9.17, 15) is 13.6 Å². The maximum atomic E-state index is 12.8. The van der Waals surface area contributed by atoms with Crippen molar-refractivity contribution in [2.24, 2.45) is 0 Å². The molecule has 0 aromatic carbocycles. The number of carbonyl (C=O) groups is 1. The Kier molecular flexibility index (Phi) is 5.05. The number of rotatable bonds is 5. The average Bonchev–Trinajstić information content (AvgIpc) is 2.94. The topological polar surface area (TPSA) is 50.2 Å². The normalized spacial score (nSPS) is 16.6. The van der Waals surface area contributed by atoms with Crippen molar-refractivity contribution >= 4 is 5.91 Å². The molecule has 7 heteroatoms. The summed E-state index contributed by atoms with van der Waals surface area (Å²) in [7, 11) is 0. The second-order valence-corrected chi connectivity index (χ2v) is 4.92. The van der Waals surface area contributed by atoms with Gasteiger partial charge in [0.15, 0.2) is 0 Å². The molecule has 1 aliphatic rings. The minimum Gasteiger partial charge on any atom is -0.334 e. The number of piperidine rings is 1. The van der Waals surface area contributed by atoms with E-state index in [1.54, 1.807) is 4.90 Å². The standard InChI is InChI=1S/C13H20F2N4O/c1-2-9-18(10-3-6-16-7-4-10)12(20)11-5-8-17-19(11)13(14)15/h5,8,10,13,16H,2-4,6-7,9H2,1H3. The lowest BCUT2D eigenvalue weighted by Crippen LogP contribution is -2.47. The van der Waals surface area contributed by atoms with Crippen LogP contribution in [0.5, 0.6) is 0 Å². The van der Waals surface area contributed by atoms with Crippen molar-refractivity contribution in [1.82, 2.24) is 20.0 Å². The van der Waals surface area contributed by atoms with Crippen molar-refractivity contribution in [1.29, 1.82) is 0 Å². The third-order valence-electron chi connectivity index (χ3n) is 3.55. The van der Waals surface area contributed by atoms with E-state index in [2.05, 4.69) is 10.4 Å². The van der Waals surface area contributed by atoms with Gasteiger partial charge < -0.3 is 10.2 Å². The fraction of sp³-hybridized carbons (Fsp3) is 0.692. The number of nitrogens with zero attached hydrogens (tertiary/aromatic N) is 3. The molecule has 1 aromatic rings. The van der Waals surface area contributed by atoms with Gasteiger partial charge in [0.25, 0.3) is 5.91 Å². The number of alkyl halides is 2. The molecule has 20 heavy (non-hydrogen) atoms. The lowest BCUT2D eigenvalue weighted by atomic mass is 10.0. The van der Waals surface area contributed by atoms with Crippen LogP contribution in [0.25, 0.3) is 0 Å². The van der Waals surface area contributed by atoms with Gasteiger partial charge in [-0.15, -0.1) is 0 Å². The van der Waals surface area contributed by atoms with Gasteiger partial charge in [-0.2, -0.15) is 18.6 Å². The lowest BCUT2D eigenvalue weighted by molar-refractivity contribution is 0.0425. The molecule has 0 saturated carbocycles. The zero-order valence-electron chi connectivity index (χ0n) is 11.6. The summed E-state index contributed by atoms with van der Waals surface area (Å²) in [6, 6.07) is 1.47. The Balaban J connectivity index is 2.19. The summed E-state index contributed by atoms with van der Waals surface area (Å²) in [5.41, 5.74) is -0.0352. The quantitative estimate of drug-likeness (QED) is 0.899. The first-order valence-electron chi connectivity index (χ1n) is 6.98. The number of carbonyl (C=O) groups excluding carboxylic acids is 1. The molecule has 1 saturated heterocycles. The maximum absolute atomic E-state index is 12.8. The van der Waals surface area contributed by atoms with E-state index >= 15 is 0 Å². The van der Waals surface area contributed by atoms with Crippen molar-refractivity contribution in [2.45, 2.75) is 38.8 Å². The fourth-order valence-electron chi connectivity index (χ4n) is 2.60. The van der Waals surface area contributed by atoms with E-state index in [1.807, 2.05) is 6.92 Å². The summed E-state index contributed by atoms with van der Waals surface area (Å²) < 4.78 is 26.2. The second-order valence-electron chi connectivity index (χ2n) is 4.92. The molecule has 1 aliphatic heterocycles. The first-order valence-corrected chi connectivity index (χ1v) is 6.98. The van der Waals surface area contributed by atoms with Gasteiger partial charge in [-0.25, -0.2) is 0 Å². The van der Waals surface area contributed by atoms with E-state index in [1.165, 1.54) is 12.3 Å². The minimum absolute atomic E-state index is 0.0352. The molecule has 5 nitrogen and oxygen atoms in total. The smallest absolute Gasteiger partial charge is 0.333 e. The van der Waals surface area contributed by atoms with Crippen LogP contribution >= 0.6 is 0 Å². The predicted octanol–water partition coefficient (Wildman–Crippen LogP) is 1.88.